The maximum atomic E-state index is 9.60. The smallest absolute Gasteiger partial charge is 0.293 e. The van der Waals surface area contributed by atoms with Crippen molar-refractivity contribution in [2.75, 3.05) is 13.1 Å². The zero-order valence-electron chi connectivity index (χ0n) is 10.1. The van der Waals surface area contributed by atoms with Crippen molar-refractivity contribution in [1.82, 2.24) is 5.32 Å². The molecule has 15 heavy (non-hydrogen) atoms. The van der Waals surface area contributed by atoms with Crippen molar-refractivity contribution in [2.24, 2.45) is 5.73 Å². The van der Waals surface area contributed by atoms with Crippen LogP contribution in [-0.2, 0) is 9.53 Å². The van der Waals surface area contributed by atoms with Gasteiger partial charge in [-0.25, -0.2) is 0 Å². The molecule has 0 aromatic rings. The zero-order chi connectivity index (χ0) is 11.7. The lowest BCUT2D eigenvalue weighted by molar-refractivity contribution is -0.138. The highest BCUT2D eigenvalue weighted by molar-refractivity contribution is 5.37. The number of nitrogens with one attached hydrogen (secondary N) is 1. The van der Waals surface area contributed by atoms with Gasteiger partial charge in [-0.3, -0.25) is 4.79 Å². The molecule has 1 atom stereocenters. The van der Waals surface area contributed by atoms with Crippen LogP contribution in [0.2, 0.25) is 0 Å². The highest BCUT2D eigenvalue weighted by atomic mass is 16.5. The van der Waals surface area contributed by atoms with Crippen molar-refractivity contribution < 1.29 is 9.53 Å². The van der Waals surface area contributed by atoms with E-state index in [1.54, 1.807) is 0 Å². The van der Waals surface area contributed by atoms with Crippen LogP contribution in [0.3, 0.4) is 0 Å². The summed E-state index contributed by atoms with van der Waals surface area (Å²) >= 11 is 0. The average molecular weight is 216 g/mol. The van der Waals surface area contributed by atoms with Gasteiger partial charge in [-0.05, 0) is 53.1 Å². The predicted molar refractivity (Wildman–Crippen MR) is 61.6 cm³/mol. The van der Waals surface area contributed by atoms with Gasteiger partial charge in [0.25, 0.3) is 6.47 Å². The van der Waals surface area contributed by atoms with Gasteiger partial charge < -0.3 is 15.8 Å². The van der Waals surface area contributed by atoms with E-state index < -0.39 is 0 Å². The first-order valence-electron chi connectivity index (χ1n) is 5.54. The third kappa shape index (κ3) is 9.69. The molecule has 3 N–H and O–H groups in total. The third-order valence-electron chi connectivity index (χ3n) is 2.08. The SMILES string of the molecule is CC(C)(C)OC=O.NCCC1CCCN1. The average Bonchev–Trinajstić information content (AvgIpc) is 2.56. The lowest BCUT2D eigenvalue weighted by atomic mass is 10.2. The van der Waals surface area contributed by atoms with Gasteiger partial charge in [-0.2, -0.15) is 0 Å². The van der Waals surface area contributed by atoms with E-state index in [-0.39, 0.29) is 5.60 Å². The van der Waals surface area contributed by atoms with E-state index >= 15 is 0 Å². The second-order valence-electron chi connectivity index (χ2n) is 4.70. The topological polar surface area (TPSA) is 64.3 Å². The summed E-state index contributed by atoms with van der Waals surface area (Å²) in [5.41, 5.74) is 5.05. The minimum Gasteiger partial charge on any atom is -0.462 e. The normalized spacial score (nSPS) is 20.4. The summed E-state index contributed by atoms with van der Waals surface area (Å²) in [6, 6.07) is 0.736. The van der Waals surface area contributed by atoms with Crippen molar-refractivity contribution in [3.8, 4) is 0 Å². The summed E-state index contributed by atoms with van der Waals surface area (Å²) in [6.07, 6.45) is 3.82. The van der Waals surface area contributed by atoms with Crippen LogP contribution in [0.25, 0.3) is 0 Å². The zero-order valence-corrected chi connectivity index (χ0v) is 10.1. The highest BCUT2D eigenvalue weighted by Crippen LogP contribution is 2.06. The van der Waals surface area contributed by atoms with Crippen molar-refractivity contribution >= 4 is 6.47 Å². The Labute approximate surface area is 92.6 Å². The van der Waals surface area contributed by atoms with E-state index in [0.29, 0.717) is 6.47 Å². The molecular weight excluding hydrogens is 192 g/mol. The Morgan fingerprint density at radius 1 is 1.53 bits per heavy atom. The first kappa shape index (κ1) is 14.4. The monoisotopic (exact) mass is 216 g/mol. The molecule has 0 saturated carbocycles. The van der Waals surface area contributed by atoms with E-state index in [0.717, 1.165) is 19.0 Å². The second kappa shape index (κ2) is 7.65. The van der Waals surface area contributed by atoms with Gasteiger partial charge >= 0.3 is 0 Å². The molecule has 4 nitrogen and oxygen atoms in total. The van der Waals surface area contributed by atoms with Gasteiger partial charge in [-0.15, -0.1) is 0 Å². The first-order valence-corrected chi connectivity index (χ1v) is 5.54. The molecule has 1 rings (SSSR count). The van der Waals surface area contributed by atoms with Crippen LogP contribution in [-0.4, -0.2) is 31.2 Å². The third-order valence-corrected chi connectivity index (χ3v) is 2.08. The molecule has 1 saturated heterocycles. The van der Waals surface area contributed by atoms with E-state index in [1.807, 2.05) is 20.8 Å². The molecule has 4 heteroatoms. The summed E-state index contributed by atoms with van der Waals surface area (Å²) < 4.78 is 4.55. The molecule has 1 fully saturated rings. The van der Waals surface area contributed by atoms with Crippen LogP contribution in [0.5, 0.6) is 0 Å². The number of carbonyl (C=O) groups excluding carboxylic acids is 1. The van der Waals surface area contributed by atoms with Crippen LogP contribution in [0, 0.1) is 0 Å². The molecule has 0 aromatic heterocycles. The minimum atomic E-state index is -0.318. The maximum Gasteiger partial charge on any atom is 0.293 e. The number of hydrogen-bond acceptors (Lipinski definition) is 4. The summed E-state index contributed by atoms with van der Waals surface area (Å²) in [6.45, 7) is 7.95. The number of ether oxygens (including phenoxy) is 1. The van der Waals surface area contributed by atoms with Crippen molar-refractivity contribution in [3.63, 3.8) is 0 Å². The molecule has 90 valence electrons. The van der Waals surface area contributed by atoms with Crippen molar-refractivity contribution in [2.45, 2.75) is 51.7 Å². The molecule has 0 amide bonds. The molecule has 0 radical (unpaired) electrons. The van der Waals surface area contributed by atoms with E-state index in [1.165, 1.54) is 19.4 Å². The quantitative estimate of drug-likeness (QED) is 0.692. The van der Waals surface area contributed by atoms with Crippen molar-refractivity contribution in [1.29, 1.82) is 0 Å². The van der Waals surface area contributed by atoms with Crippen LogP contribution in [0.15, 0.2) is 0 Å². The molecule has 0 bridgehead atoms. The molecule has 1 heterocycles. The Morgan fingerprint density at radius 2 is 2.20 bits per heavy atom. The number of carbonyl (C=O) groups is 1. The Bertz CT molecular complexity index is 160. The fourth-order valence-corrected chi connectivity index (χ4v) is 1.35. The number of nitrogens with two attached hydrogens (primary N) is 1. The Balaban J connectivity index is 0.000000265. The first-order chi connectivity index (χ1) is 6.99. The maximum absolute atomic E-state index is 9.60. The number of hydrogen-bond donors (Lipinski definition) is 2. The Hall–Kier alpha value is -0.610. The van der Waals surface area contributed by atoms with E-state index in [9.17, 15) is 4.79 Å². The Morgan fingerprint density at radius 3 is 2.47 bits per heavy atom. The molecular formula is C11H24N2O2. The lowest BCUT2D eigenvalue weighted by Crippen LogP contribution is -2.24. The molecule has 1 unspecified atom stereocenters. The van der Waals surface area contributed by atoms with Crippen molar-refractivity contribution in [3.05, 3.63) is 0 Å². The van der Waals surface area contributed by atoms with Gasteiger partial charge in [-0.1, -0.05) is 0 Å². The fourth-order valence-electron chi connectivity index (χ4n) is 1.35. The van der Waals surface area contributed by atoms with Crippen LogP contribution >= 0.6 is 0 Å². The predicted octanol–water partition coefficient (Wildman–Crippen LogP) is 1.05. The molecule has 1 aliphatic heterocycles. The van der Waals surface area contributed by atoms with Gasteiger partial charge in [0.2, 0.25) is 0 Å². The van der Waals surface area contributed by atoms with Crippen LogP contribution < -0.4 is 11.1 Å². The summed E-state index contributed by atoms with van der Waals surface area (Å²) in [5.74, 6) is 0. The minimum absolute atomic E-state index is 0.318. The van der Waals surface area contributed by atoms with Gasteiger partial charge in [0.1, 0.15) is 5.60 Å². The van der Waals surface area contributed by atoms with Gasteiger partial charge in [0.05, 0.1) is 0 Å². The van der Waals surface area contributed by atoms with Gasteiger partial charge in [0, 0.05) is 6.04 Å². The fraction of sp³-hybridized carbons (Fsp3) is 0.909. The van der Waals surface area contributed by atoms with E-state index in [2.05, 4.69) is 10.1 Å². The number of rotatable bonds is 3. The molecule has 0 aliphatic carbocycles. The van der Waals surface area contributed by atoms with Gasteiger partial charge in [0.15, 0.2) is 0 Å². The molecule has 0 spiro atoms. The largest absolute Gasteiger partial charge is 0.462 e. The van der Waals surface area contributed by atoms with Crippen LogP contribution in [0.4, 0.5) is 0 Å². The van der Waals surface area contributed by atoms with Crippen LogP contribution in [0.1, 0.15) is 40.0 Å². The molecule has 0 aromatic carbocycles. The Kier molecular flexibility index (Phi) is 7.34. The van der Waals surface area contributed by atoms with E-state index in [4.69, 9.17) is 5.73 Å². The highest BCUT2D eigenvalue weighted by Gasteiger charge is 2.11. The summed E-state index contributed by atoms with van der Waals surface area (Å²) in [7, 11) is 0. The summed E-state index contributed by atoms with van der Waals surface area (Å²) in [4.78, 5) is 9.60. The lowest BCUT2D eigenvalue weighted by Gasteiger charge is -2.14. The standard InChI is InChI=1S/C6H14N2.C5H10O2/c7-4-3-6-2-1-5-8-6;1-5(2,3)7-4-6/h6,8H,1-5,7H2;4H,1-3H3. The second-order valence-corrected chi connectivity index (χ2v) is 4.70. The summed E-state index contributed by atoms with van der Waals surface area (Å²) in [5, 5.41) is 3.38. The molecule has 1 aliphatic rings.